The summed E-state index contributed by atoms with van der Waals surface area (Å²) in [7, 11) is 1.80. The van der Waals surface area contributed by atoms with Gasteiger partial charge in [-0.1, -0.05) is 6.92 Å². The molecule has 1 atom stereocenters. The van der Waals surface area contributed by atoms with E-state index < -0.39 is 0 Å². The summed E-state index contributed by atoms with van der Waals surface area (Å²) in [5, 5.41) is 3.43. The molecule has 0 spiro atoms. The molecule has 90 valence electrons. The van der Waals surface area contributed by atoms with Crippen LogP contribution in [0.3, 0.4) is 0 Å². The van der Waals surface area contributed by atoms with E-state index in [0.29, 0.717) is 0 Å². The molecule has 1 fully saturated rings. The summed E-state index contributed by atoms with van der Waals surface area (Å²) in [6.45, 7) is 11.2. The molecule has 0 aromatic heterocycles. The van der Waals surface area contributed by atoms with Gasteiger partial charge in [0.05, 0.1) is 5.60 Å². The summed E-state index contributed by atoms with van der Waals surface area (Å²) >= 11 is 0. The number of ether oxygens (including phenoxy) is 1. The summed E-state index contributed by atoms with van der Waals surface area (Å²) in [5.41, 5.74) is 0.0133. The molecule has 1 N–H and O–H groups in total. The average molecular weight is 214 g/mol. The van der Waals surface area contributed by atoms with Crippen molar-refractivity contribution in [2.75, 3.05) is 33.3 Å². The summed E-state index contributed by atoms with van der Waals surface area (Å²) < 4.78 is 5.45. The normalized spacial score (nSPS) is 22.6. The minimum absolute atomic E-state index is 0.0133. The van der Waals surface area contributed by atoms with Crippen LogP contribution in [0.5, 0.6) is 0 Å². The summed E-state index contributed by atoms with van der Waals surface area (Å²) in [5.74, 6) is 0. The average Bonchev–Trinajstić information content (AvgIpc) is 2.72. The van der Waals surface area contributed by atoms with Crippen LogP contribution in [0, 0.1) is 0 Å². The highest BCUT2D eigenvalue weighted by molar-refractivity contribution is 4.81. The van der Waals surface area contributed by atoms with Gasteiger partial charge in [-0.25, -0.2) is 0 Å². The van der Waals surface area contributed by atoms with Crippen LogP contribution < -0.4 is 5.32 Å². The molecule has 3 heteroatoms. The second-order valence-corrected chi connectivity index (χ2v) is 4.99. The second kappa shape index (κ2) is 5.83. The molecule has 1 aliphatic rings. The standard InChI is InChI=1S/C12H26N2O/c1-5-14(11-6-8-13-10-11)9-7-12(2,3)15-4/h11,13H,5-10H2,1-4H3. The Morgan fingerprint density at radius 2 is 2.20 bits per heavy atom. The largest absolute Gasteiger partial charge is 0.379 e. The highest BCUT2D eigenvalue weighted by atomic mass is 16.5. The zero-order valence-corrected chi connectivity index (χ0v) is 10.7. The van der Waals surface area contributed by atoms with Crippen LogP contribution >= 0.6 is 0 Å². The Morgan fingerprint density at radius 1 is 1.47 bits per heavy atom. The fourth-order valence-corrected chi connectivity index (χ4v) is 2.06. The molecule has 0 aromatic rings. The Hall–Kier alpha value is -0.120. The quantitative estimate of drug-likeness (QED) is 0.725. The minimum Gasteiger partial charge on any atom is -0.379 e. The van der Waals surface area contributed by atoms with Crippen molar-refractivity contribution >= 4 is 0 Å². The maximum atomic E-state index is 5.45. The zero-order valence-electron chi connectivity index (χ0n) is 10.7. The van der Waals surface area contributed by atoms with E-state index in [0.717, 1.165) is 32.1 Å². The van der Waals surface area contributed by atoms with E-state index in [9.17, 15) is 0 Å². The van der Waals surface area contributed by atoms with Gasteiger partial charge < -0.3 is 10.1 Å². The lowest BCUT2D eigenvalue weighted by Crippen LogP contribution is -2.40. The van der Waals surface area contributed by atoms with E-state index in [-0.39, 0.29) is 5.60 Å². The molecule has 1 heterocycles. The first-order valence-corrected chi connectivity index (χ1v) is 6.09. The fraction of sp³-hybridized carbons (Fsp3) is 1.00. The molecule has 0 radical (unpaired) electrons. The fourth-order valence-electron chi connectivity index (χ4n) is 2.06. The summed E-state index contributed by atoms with van der Waals surface area (Å²) in [6.07, 6.45) is 2.40. The first-order chi connectivity index (χ1) is 7.09. The van der Waals surface area contributed by atoms with Crippen LogP contribution in [-0.4, -0.2) is 49.8 Å². The van der Waals surface area contributed by atoms with Crippen molar-refractivity contribution in [3.8, 4) is 0 Å². The molecule has 1 saturated heterocycles. The van der Waals surface area contributed by atoms with Gasteiger partial charge >= 0.3 is 0 Å². The highest BCUT2D eigenvalue weighted by Crippen LogP contribution is 2.16. The van der Waals surface area contributed by atoms with E-state index in [1.807, 2.05) is 0 Å². The smallest absolute Gasteiger partial charge is 0.0634 e. The van der Waals surface area contributed by atoms with E-state index in [4.69, 9.17) is 4.74 Å². The molecule has 0 amide bonds. The Kier molecular flexibility index (Phi) is 5.03. The molecule has 15 heavy (non-hydrogen) atoms. The first kappa shape index (κ1) is 12.9. The van der Waals surface area contributed by atoms with Gasteiger partial charge in [0, 0.05) is 26.2 Å². The Labute approximate surface area is 94.2 Å². The number of nitrogens with zero attached hydrogens (tertiary/aromatic N) is 1. The molecule has 0 saturated carbocycles. The third-order valence-corrected chi connectivity index (χ3v) is 3.51. The van der Waals surface area contributed by atoms with Gasteiger partial charge in [-0.2, -0.15) is 0 Å². The van der Waals surface area contributed by atoms with Gasteiger partial charge in [0.1, 0.15) is 0 Å². The van der Waals surface area contributed by atoms with Gasteiger partial charge in [0.15, 0.2) is 0 Å². The number of hydrogen-bond donors (Lipinski definition) is 1. The predicted octanol–water partition coefficient (Wildman–Crippen LogP) is 1.49. The van der Waals surface area contributed by atoms with Gasteiger partial charge in [0.25, 0.3) is 0 Å². The predicted molar refractivity (Wildman–Crippen MR) is 64.2 cm³/mol. The number of nitrogens with one attached hydrogen (secondary N) is 1. The maximum absolute atomic E-state index is 5.45. The molecule has 0 aromatic carbocycles. The molecular formula is C12H26N2O. The van der Waals surface area contributed by atoms with Gasteiger partial charge in [-0.15, -0.1) is 0 Å². The lowest BCUT2D eigenvalue weighted by molar-refractivity contribution is 0.00502. The lowest BCUT2D eigenvalue weighted by atomic mass is 10.0. The van der Waals surface area contributed by atoms with Crippen molar-refractivity contribution in [2.24, 2.45) is 0 Å². The van der Waals surface area contributed by atoms with E-state index in [1.54, 1.807) is 7.11 Å². The monoisotopic (exact) mass is 214 g/mol. The third-order valence-electron chi connectivity index (χ3n) is 3.51. The van der Waals surface area contributed by atoms with Crippen LogP contribution in [0.25, 0.3) is 0 Å². The second-order valence-electron chi connectivity index (χ2n) is 4.99. The van der Waals surface area contributed by atoms with Crippen molar-refractivity contribution in [1.82, 2.24) is 10.2 Å². The SMILES string of the molecule is CCN(CCC(C)(C)OC)C1CCNC1. The maximum Gasteiger partial charge on any atom is 0.0634 e. The highest BCUT2D eigenvalue weighted by Gasteiger charge is 2.23. The van der Waals surface area contributed by atoms with Crippen molar-refractivity contribution < 1.29 is 4.74 Å². The van der Waals surface area contributed by atoms with Crippen molar-refractivity contribution in [3.63, 3.8) is 0 Å². The molecule has 1 rings (SSSR count). The number of likely N-dealkylation sites (N-methyl/N-ethyl adjacent to an activating group) is 1. The molecule has 0 bridgehead atoms. The molecular weight excluding hydrogens is 188 g/mol. The molecule has 1 unspecified atom stereocenters. The zero-order chi connectivity index (χ0) is 11.3. The number of methoxy groups -OCH3 is 1. The Balaban J connectivity index is 2.33. The molecule has 3 nitrogen and oxygen atoms in total. The molecule has 0 aliphatic carbocycles. The van der Waals surface area contributed by atoms with Crippen molar-refractivity contribution in [3.05, 3.63) is 0 Å². The van der Waals surface area contributed by atoms with Gasteiger partial charge in [-0.05, 0) is 39.8 Å². The third kappa shape index (κ3) is 4.09. The lowest BCUT2D eigenvalue weighted by Gasteiger charge is -2.31. The van der Waals surface area contributed by atoms with Crippen LogP contribution in [-0.2, 0) is 4.74 Å². The minimum atomic E-state index is 0.0133. The van der Waals surface area contributed by atoms with Crippen molar-refractivity contribution in [1.29, 1.82) is 0 Å². The van der Waals surface area contributed by atoms with Crippen LogP contribution in [0.4, 0.5) is 0 Å². The summed E-state index contributed by atoms with van der Waals surface area (Å²) in [6, 6.07) is 0.739. The number of rotatable bonds is 6. The number of hydrogen-bond acceptors (Lipinski definition) is 3. The summed E-state index contributed by atoms with van der Waals surface area (Å²) in [4.78, 5) is 2.57. The van der Waals surface area contributed by atoms with Crippen molar-refractivity contribution in [2.45, 2.75) is 45.3 Å². The van der Waals surface area contributed by atoms with Gasteiger partial charge in [0.2, 0.25) is 0 Å². The van der Waals surface area contributed by atoms with Crippen LogP contribution in [0.1, 0.15) is 33.6 Å². The van der Waals surface area contributed by atoms with E-state index >= 15 is 0 Å². The Bertz CT molecular complexity index is 176. The van der Waals surface area contributed by atoms with Crippen LogP contribution in [0.2, 0.25) is 0 Å². The van der Waals surface area contributed by atoms with Gasteiger partial charge in [-0.3, -0.25) is 4.90 Å². The van der Waals surface area contributed by atoms with Crippen LogP contribution in [0.15, 0.2) is 0 Å². The first-order valence-electron chi connectivity index (χ1n) is 6.09. The van der Waals surface area contributed by atoms with E-state index in [2.05, 4.69) is 31.0 Å². The molecule has 1 aliphatic heterocycles. The van der Waals surface area contributed by atoms with E-state index in [1.165, 1.54) is 13.0 Å². The Morgan fingerprint density at radius 3 is 2.67 bits per heavy atom. The topological polar surface area (TPSA) is 24.5 Å².